The first-order chi connectivity index (χ1) is 14.2. The van der Waals surface area contributed by atoms with E-state index in [4.69, 9.17) is 0 Å². The maximum absolute atomic E-state index is 12.6. The number of nitrogens with one attached hydrogen (secondary N) is 2. The average Bonchev–Trinajstić information content (AvgIpc) is 2.72. The third-order valence-corrected chi connectivity index (χ3v) is 5.57. The summed E-state index contributed by atoms with van der Waals surface area (Å²) in [4.78, 5) is 28.8. The van der Waals surface area contributed by atoms with Gasteiger partial charge in [0.1, 0.15) is 0 Å². The van der Waals surface area contributed by atoms with Crippen molar-refractivity contribution in [2.75, 3.05) is 11.6 Å². The van der Waals surface area contributed by atoms with E-state index in [0.717, 1.165) is 11.8 Å². The monoisotopic (exact) mass is 423 g/mol. The van der Waals surface area contributed by atoms with Crippen LogP contribution in [-0.4, -0.2) is 31.5 Å². The van der Waals surface area contributed by atoms with Gasteiger partial charge in [0.2, 0.25) is 0 Å². The minimum Gasteiger partial charge on any atom is -0.348 e. The van der Waals surface area contributed by atoms with Crippen LogP contribution in [0.4, 0.5) is 5.69 Å². The van der Waals surface area contributed by atoms with Gasteiger partial charge in [-0.25, -0.2) is 8.42 Å². The van der Waals surface area contributed by atoms with Crippen molar-refractivity contribution in [1.29, 1.82) is 0 Å². The molecule has 30 heavy (non-hydrogen) atoms. The number of benzene rings is 2. The van der Waals surface area contributed by atoms with E-state index in [1.54, 1.807) is 55.7 Å². The van der Waals surface area contributed by atoms with Gasteiger partial charge < -0.3 is 10.6 Å². The van der Waals surface area contributed by atoms with Crippen LogP contribution < -0.4 is 10.6 Å². The molecular formula is C22H21N3O4S. The Kier molecular flexibility index (Phi) is 6.27. The standard InChI is InChI=1S/C22H21N3O4S/c1-15-6-7-19(30(2,28)29)13-20(15)22(27)24-14-16-4-3-5-18(12-16)25-21(26)17-8-10-23-11-9-17/h3-13H,14H2,1-2H3,(H,24,27)(H,25,26). The molecule has 0 radical (unpaired) electrons. The second-order valence-electron chi connectivity index (χ2n) is 6.82. The topological polar surface area (TPSA) is 105 Å². The summed E-state index contributed by atoms with van der Waals surface area (Å²) in [6.45, 7) is 1.97. The van der Waals surface area contributed by atoms with Crippen molar-refractivity contribution in [2.24, 2.45) is 0 Å². The summed E-state index contributed by atoms with van der Waals surface area (Å²) in [5, 5.41) is 5.60. The summed E-state index contributed by atoms with van der Waals surface area (Å²) in [6.07, 6.45) is 4.19. The molecule has 0 spiro atoms. The van der Waals surface area contributed by atoms with Gasteiger partial charge in [-0.05, 0) is 54.4 Å². The van der Waals surface area contributed by atoms with E-state index in [1.165, 1.54) is 12.1 Å². The molecule has 154 valence electrons. The molecule has 0 aliphatic heterocycles. The zero-order valence-corrected chi connectivity index (χ0v) is 17.4. The molecule has 0 saturated heterocycles. The van der Waals surface area contributed by atoms with Gasteiger partial charge in [-0.3, -0.25) is 14.6 Å². The first kappa shape index (κ1) is 21.2. The van der Waals surface area contributed by atoms with E-state index in [2.05, 4.69) is 15.6 Å². The highest BCUT2D eigenvalue weighted by molar-refractivity contribution is 7.90. The fraction of sp³-hybridized carbons (Fsp3) is 0.136. The summed E-state index contributed by atoms with van der Waals surface area (Å²) >= 11 is 0. The molecule has 0 atom stereocenters. The molecule has 3 rings (SSSR count). The minimum atomic E-state index is -3.41. The first-order valence-corrected chi connectivity index (χ1v) is 11.0. The van der Waals surface area contributed by atoms with E-state index in [9.17, 15) is 18.0 Å². The Bertz CT molecular complexity index is 1190. The van der Waals surface area contributed by atoms with Crippen molar-refractivity contribution < 1.29 is 18.0 Å². The molecule has 8 heteroatoms. The predicted octanol–water partition coefficient (Wildman–Crippen LogP) is 2.98. The molecule has 1 aromatic heterocycles. The van der Waals surface area contributed by atoms with Gasteiger partial charge in [-0.15, -0.1) is 0 Å². The molecule has 0 aliphatic rings. The quantitative estimate of drug-likeness (QED) is 0.634. The molecule has 2 amide bonds. The van der Waals surface area contributed by atoms with Crippen molar-refractivity contribution in [3.63, 3.8) is 0 Å². The number of aryl methyl sites for hydroxylation is 1. The molecule has 0 unspecified atom stereocenters. The maximum Gasteiger partial charge on any atom is 0.255 e. The normalized spacial score (nSPS) is 11.0. The van der Waals surface area contributed by atoms with Crippen molar-refractivity contribution >= 4 is 27.3 Å². The van der Waals surface area contributed by atoms with Crippen LogP contribution in [0.15, 0.2) is 71.9 Å². The second kappa shape index (κ2) is 8.87. The first-order valence-electron chi connectivity index (χ1n) is 9.13. The van der Waals surface area contributed by atoms with E-state index in [-0.39, 0.29) is 23.3 Å². The van der Waals surface area contributed by atoms with E-state index in [0.29, 0.717) is 22.4 Å². The zero-order chi connectivity index (χ0) is 21.7. The van der Waals surface area contributed by atoms with Crippen molar-refractivity contribution in [3.8, 4) is 0 Å². The number of hydrogen-bond acceptors (Lipinski definition) is 5. The van der Waals surface area contributed by atoms with E-state index < -0.39 is 9.84 Å². The number of pyridine rings is 1. The third kappa shape index (κ3) is 5.30. The maximum atomic E-state index is 12.6. The fourth-order valence-electron chi connectivity index (χ4n) is 2.82. The van der Waals surface area contributed by atoms with Crippen LogP contribution in [0.2, 0.25) is 0 Å². The van der Waals surface area contributed by atoms with Crippen LogP contribution in [-0.2, 0) is 16.4 Å². The lowest BCUT2D eigenvalue weighted by Gasteiger charge is -2.11. The van der Waals surface area contributed by atoms with Gasteiger partial charge >= 0.3 is 0 Å². The summed E-state index contributed by atoms with van der Waals surface area (Å²) in [7, 11) is -3.41. The fourth-order valence-corrected chi connectivity index (χ4v) is 3.47. The Morgan fingerprint density at radius 1 is 0.967 bits per heavy atom. The SMILES string of the molecule is Cc1ccc(S(C)(=O)=O)cc1C(=O)NCc1cccc(NC(=O)c2ccncc2)c1. The predicted molar refractivity (Wildman–Crippen MR) is 114 cm³/mol. The van der Waals surface area contributed by atoms with Crippen LogP contribution >= 0.6 is 0 Å². The minimum absolute atomic E-state index is 0.0964. The highest BCUT2D eigenvalue weighted by Crippen LogP contribution is 2.16. The lowest BCUT2D eigenvalue weighted by atomic mass is 10.1. The van der Waals surface area contributed by atoms with Gasteiger partial charge in [0.05, 0.1) is 4.90 Å². The number of rotatable bonds is 6. The van der Waals surface area contributed by atoms with E-state index >= 15 is 0 Å². The highest BCUT2D eigenvalue weighted by atomic mass is 32.2. The molecule has 3 aromatic rings. The summed E-state index contributed by atoms with van der Waals surface area (Å²) in [5.74, 6) is -0.629. The second-order valence-corrected chi connectivity index (χ2v) is 8.84. The summed E-state index contributed by atoms with van der Waals surface area (Å²) in [5.41, 5.74) is 2.86. The largest absolute Gasteiger partial charge is 0.348 e. The Hall–Kier alpha value is -3.52. The van der Waals surface area contributed by atoms with Crippen LogP contribution in [0.5, 0.6) is 0 Å². The molecule has 0 bridgehead atoms. The Labute approximate surface area is 175 Å². The van der Waals surface area contributed by atoms with Crippen LogP contribution in [0.3, 0.4) is 0 Å². The molecule has 1 heterocycles. The Balaban J connectivity index is 1.69. The number of nitrogens with zero attached hydrogens (tertiary/aromatic N) is 1. The van der Waals surface area contributed by atoms with Gasteiger partial charge in [0.25, 0.3) is 11.8 Å². The number of anilines is 1. The summed E-state index contributed by atoms with van der Waals surface area (Å²) in [6, 6.07) is 14.8. The Morgan fingerprint density at radius 3 is 2.40 bits per heavy atom. The number of hydrogen-bond donors (Lipinski definition) is 2. The molecule has 2 aromatic carbocycles. The van der Waals surface area contributed by atoms with Crippen LogP contribution in [0.25, 0.3) is 0 Å². The van der Waals surface area contributed by atoms with Crippen LogP contribution in [0.1, 0.15) is 31.8 Å². The van der Waals surface area contributed by atoms with Gasteiger partial charge in [-0.1, -0.05) is 18.2 Å². The lowest BCUT2D eigenvalue weighted by Crippen LogP contribution is -2.24. The lowest BCUT2D eigenvalue weighted by molar-refractivity contribution is 0.0949. The van der Waals surface area contributed by atoms with Gasteiger partial charge in [0.15, 0.2) is 9.84 Å². The summed E-state index contributed by atoms with van der Waals surface area (Å²) < 4.78 is 23.5. The molecule has 2 N–H and O–H groups in total. The molecule has 0 aliphatic carbocycles. The smallest absolute Gasteiger partial charge is 0.255 e. The van der Waals surface area contributed by atoms with Crippen LogP contribution in [0, 0.1) is 6.92 Å². The Morgan fingerprint density at radius 2 is 1.70 bits per heavy atom. The molecule has 0 saturated carbocycles. The molecule has 7 nitrogen and oxygen atoms in total. The number of aromatic nitrogens is 1. The van der Waals surface area contributed by atoms with Crippen molar-refractivity contribution in [2.45, 2.75) is 18.4 Å². The molecular weight excluding hydrogens is 402 g/mol. The van der Waals surface area contributed by atoms with Gasteiger partial charge in [-0.2, -0.15) is 0 Å². The number of carbonyl (C=O) groups excluding carboxylic acids is 2. The number of amides is 2. The number of sulfone groups is 1. The van der Waals surface area contributed by atoms with Gasteiger partial charge in [0, 0.05) is 42.0 Å². The molecule has 0 fully saturated rings. The highest BCUT2D eigenvalue weighted by Gasteiger charge is 2.14. The third-order valence-electron chi connectivity index (χ3n) is 4.46. The zero-order valence-electron chi connectivity index (χ0n) is 16.5. The number of carbonyl (C=O) groups is 2. The van der Waals surface area contributed by atoms with Crippen molar-refractivity contribution in [3.05, 3.63) is 89.2 Å². The van der Waals surface area contributed by atoms with Crippen molar-refractivity contribution in [1.82, 2.24) is 10.3 Å². The van der Waals surface area contributed by atoms with E-state index in [1.807, 2.05) is 6.07 Å². The average molecular weight is 423 g/mol.